The number of hydrazone groups is 1. The Balaban J connectivity index is 1.45. The van der Waals surface area contributed by atoms with E-state index in [0.717, 1.165) is 23.6 Å². The fourth-order valence-electron chi connectivity index (χ4n) is 3.15. The smallest absolute Gasteiger partial charge is 0.416 e. The van der Waals surface area contributed by atoms with Crippen LogP contribution >= 0.6 is 0 Å². The number of aromatic nitrogens is 2. The minimum absolute atomic E-state index is 0.175. The Labute approximate surface area is 192 Å². The second-order valence-corrected chi connectivity index (χ2v) is 7.35. The summed E-state index contributed by atoms with van der Waals surface area (Å²) in [5, 5.41) is 11.2. The van der Waals surface area contributed by atoms with E-state index in [4.69, 9.17) is 4.42 Å². The number of hydrogen-bond acceptors (Lipinski definition) is 5. The summed E-state index contributed by atoms with van der Waals surface area (Å²) in [5.74, 6) is 0.742. The van der Waals surface area contributed by atoms with Gasteiger partial charge in [-0.15, -0.1) is 0 Å². The van der Waals surface area contributed by atoms with Crippen molar-refractivity contribution in [1.29, 1.82) is 0 Å². The Morgan fingerprint density at radius 1 is 1.12 bits per heavy atom. The molecule has 0 saturated heterocycles. The molecule has 2 aromatic carbocycles. The van der Waals surface area contributed by atoms with Gasteiger partial charge in [0, 0.05) is 17.4 Å². The summed E-state index contributed by atoms with van der Waals surface area (Å²) < 4.78 is 45.8. The highest BCUT2D eigenvalue weighted by Crippen LogP contribution is 2.30. The molecule has 10 heteroatoms. The lowest BCUT2D eigenvalue weighted by molar-refractivity contribution is -0.137. The van der Waals surface area contributed by atoms with Crippen molar-refractivity contribution in [3.63, 3.8) is 0 Å². The summed E-state index contributed by atoms with van der Waals surface area (Å²) in [7, 11) is 0. The molecule has 4 aromatic rings. The van der Waals surface area contributed by atoms with Crippen LogP contribution in [0.5, 0.6) is 0 Å². The summed E-state index contributed by atoms with van der Waals surface area (Å²) in [6.45, 7) is 1.56. The molecule has 4 rings (SSSR count). The Kier molecular flexibility index (Phi) is 6.48. The molecule has 7 nitrogen and oxygen atoms in total. The van der Waals surface area contributed by atoms with Gasteiger partial charge in [-0.1, -0.05) is 24.3 Å². The van der Waals surface area contributed by atoms with E-state index in [1.807, 2.05) is 43.3 Å². The molecule has 0 bridgehead atoms. The van der Waals surface area contributed by atoms with Crippen molar-refractivity contribution in [2.24, 2.45) is 5.10 Å². The molecule has 0 radical (unpaired) electrons. The van der Waals surface area contributed by atoms with Crippen molar-refractivity contribution in [1.82, 2.24) is 15.2 Å². The largest absolute Gasteiger partial charge is 0.460 e. The predicted octanol–water partition coefficient (Wildman–Crippen LogP) is 5.02. The van der Waals surface area contributed by atoms with Crippen LogP contribution in [0.1, 0.15) is 16.9 Å². The highest BCUT2D eigenvalue weighted by molar-refractivity contribution is 5.89. The van der Waals surface area contributed by atoms with Gasteiger partial charge in [0.05, 0.1) is 24.0 Å². The molecule has 2 N–H and O–H groups in total. The molecule has 2 aromatic heterocycles. The molecule has 0 atom stereocenters. The van der Waals surface area contributed by atoms with Crippen LogP contribution in [0.15, 0.2) is 82.4 Å². The SMILES string of the molecule is Cc1ccc(-c2nn(-c3ccccc3)cc2/C=N\NC(=O)CNc2cccc(C(F)(F)F)c2)o1. The van der Waals surface area contributed by atoms with Gasteiger partial charge in [0.2, 0.25) is 0 Å². The van der Waals surface area contributed by atoms with Crippen LogP contribution in [0.4, 0.5) is 18.9 Å². The van der Waals surface area contributed by atoms with Crippen molar-refractivity contribution in [3.8, 4) is 17.1 Å². The number of para-hydroxylation sites is 1. The number of rotatable bonds is 7. The van der Waals surface area contributed by atoms with Crippen molar-refractivity contribution < 1.29 is 22.4 Å². The summed E-state index contributed by atoms with van der Waals surface area (Å²) in [6.07, 6.45) is -1.28. The standard InChI is InChI=1S/C24H20F3N5O2/c1-16-10-11-21(34-16)23-17(15-32(31-23)20-8-3-2-4-9-20)13-29-30-22(33)14-28-19-7-5-6-18(12-19)24(25,26)27/h2-13,15,28H,14H2,1H3,(H,30,33)/b29-13-. The molecule has 0 aliphatic rings. The summed E-state index contributed by atoms with van der Waals surface area (Å²) in [6, 6.07) is 17.7. The van der Waals surface area contributed by atoms with Gasteiger partial charge in [-0.05, 0) is 49.4 Å². The predicted molar refractivity (Wildman–Crippen MR) is 122 cm³/mol. The van der Waals surface area contributed by atoms with E-state index < -0.39 is 17.6 Å². The van der Waals surface area contributed by atoms with Crippen LogP contribution in [0.25, 0.3) is 17.1 Å². The van der Waals surface area contributed by atoms with E-state index in [9.17, 15) is 18.0 Å². The number of nitrogens with zero attached hydrogens (tertiary/aromatic N) is 3. The number of amides is 1. The van der Waals surface area contributed by atoms with Crippen LogP contribution in [0, 0.1) is 6.92 Å². The molecule has 34 heavy (non-hydrogen) atoms. The molecule has 0 fully saturated rings. The van der Waals surface area contributed by atoms with Gasteiger partial charge in [0.25, 0.3) is 5.91 Å². The van der Waals surface area contributed by atoms with Crippen LogP contribution < -0.4 is 10.7 Å². The lowest BCUT2D eigenvalue weighted by Crippen LogP contribution is -2.26. The first kappa shape index (κ1) is 22.8. The molecule has 174 valence electrons. The van der Waals surface area contributed by atoms with Gasteiger partial charge in [-0.25, -0.2) is 10.1 Å². The highest BCUT2D eigenvalue weighted by atomic mass is 19.4. The lowest BCUT2D eigenvalue weighted by Gasteiger charge is -2.09. The van der Waals surface area contributed by atoms with E-state index in [1.165, 1.54) is 18.3 Å². The maximum Gasteiger partial charge on any atom is 0.416 e. The Morgan fingerprint density at radius 3 is 2.62 bits per heavy atom. The first-order chi connectivity index (χ1) is 16.3. The minimum atomic E-state index is -4.46. The first-order valence-corrected chi connectivity index (χ1v) is 10.2. The number of furan rings is 1. The van der Waals surface area contributed by atoms with Crippen molar-refractivity contribution in [3.05, 3.63) is 89.8 Å². The molecule has 0 aliphatic carbocycles. The molecule has 0 saturated carbocycles. The maximum atomic E-state index is 12.8. The Morgan fingerprint density at radius 2 is 1.91 bits per heavy atom. The third-order valence-electron chi connectivity index (χ3n) is 4.77. The van der Waals surface area contributed by atoms with Crippen molar-refractivity contribution >= 4 is 17.8 Å². The van der Waals surface area contributed by atoms with Gasteiger partial charge in [0.15, 0.2) is 5.76 Å². The van der Waals surface area contributed by atoms with E-state index in [0.29, 0.717) is 17.0 Å². The molecule has 1 amide bonds. The monoisotopic (exact) mass is 467 g/mol. The fraction of sp³-hybridized carbons (Fsp3) is 0.125. The van der Waals surface area contributed by atoms with Gasteiger partial charge in [-0.3, -0.25) is 4.79 Å². The fourth-order valence-corrected chi connectivity index (χ4v) is 3.15. The second kappa shape index (κ2) is 9.65. The molecular weight excluding hydrogens is 447 g/mol. The number of alkyl halides is 3. The zero-order chi connectivity index (χ0) is 24.1. The maximum absolute atomic E-state index is 12.8. The average molecular weight is 467 g/mol. The number of aryl methyl sites for hydroxylation is 1. The van der Waals surface area contributed by atoms with Gasteiger partial charge < -0.3 is 9.73 Å². The molecule has 0 spiro atoms. The number of anilines is 1. The van der Waals surface area contributed by atoms with Gasteiger partial charge in [0.1, 0.15) is 11.5 Å². The van der Waals surface area contributed by atoms with Crippen molar-refractivity contribution in [2.45, 2.75) is 13.1 Å². The summed E-state index contributed by atoms with van der Waals surface area (Å²) >= 11 is 0. The van der Waals surface area contributed by atoms with Gasteiger partial charge in [-0.2, -0.15) is 23.4 Å². The Bertz CT molecular complexity index is 1310. The number of carbonyl (C=O) groups excluding carboxylic acids is 1. The summed E-state index contributed by atoms with van der Waals surface area (Å²) in [4.78, 5) is 12.1. The zero-order valence-corrected chi connectivity index (χ0v) is 18.0. The number of carbonyl (C=O) groups is 1. The molecular formula is C24H20F3N5O2. The van der Waals surface area contributed by atoms with E-state index in [-0.39, 0.29) is 12.2 Å². The van der Waals surface area contributed by atoms with Crippen LogP contribution in [0.2, 0.25) is 0 Å². The van der Waals surface area contributed by atoms with Crippen LogP contribution in [-0.4, -0.2) is 28.4 Å². The summed E-state index contributed by atoms with van der Waals surface area (Å²) in [5.41, 5.74) is 3.71. The van der Waals surface area contributed by atoms with Crippen LogP contribution in [0.3, 0.4) is 0 Å². The topological polar surface area (TPSA) is 84.5 Å². The third kappa shape index (κ3) is 5.52. The zero-order valence-electron chi connectivity index (χ0n) is 18.0. The van der Waals surface area contributed by atoms with Crippen molar-refractivity contribution in [2.75, 3.05) is 11.9 Å². The van der Waals surface area contributed by atoms with E-state index in [1.54, 1.807) is 16.9 Å². The number of hydrogen-bond donors (Lipinski definition) is 2. The molecule has 2 heterocycles. The molecule has 0 aliphatic heterocycles. The lowest BCUT2D eigenvalue weighted by atomic mass is 10.2. The second-order valence-electron chi connectivity index (χ2n) is 7.35. The van der Waals surface area contributed by atoms with E-state index in [2.05, 4.69) is 20.9 Å². The number of benzene rings is 2. The van der Waals surface area contributed by atoms with Crippen LogP contribution in [-0.2, 0) is 11.0 Å². The minimum Gasteiger partial charge on any atom is -0.460 e. The van der Waals surface area contributed by atoms with Gasteiger partial charge >= 0.3 is 6.18 Å². The number of nitrogens with one attached hydrogen (secondary N) is 2. The Hall–Kier alpha value is -4.34. The molecule has 0 unspecified atom stereocenters. The quantitative estimate of drug-likeness (QED) is 0.295. The normalized spacial score (nSPS) is 11.6. The first-order valence-electron chi connectivity index (χ1n) is 10.2. The third-order valence-corrected chi connectivity index (χ3v) is 4.77. The average Bonchev–Trinajstić information content (AvgIpc) is 3.44. The highest BCUT2D eigenvalue weighted by Gasteiger charge is 2.30. The van der Waals surface area contributed by atoms with E-state index >= 15 is 0 Å². The number of halogens is 3.